The van der Waals surface area contributed by atoms with Crippen LogP contribution in [-0.4, -0.2) is 24.0 Å². The fraction of sp³-hybridized carbons (Fsp3) is 0.600. The molecule has 1 aliphatic rings. The molecule has 1 aliphatic heterocycles. The van der Waals surface area contributed by atoms with Crippen LogP contribution in [0.3, 0.4) is 0 Å². The van der Waals surface area contributed by atoms with E-state index >= 15 is 0 Å². The number of rotatable bonds is 3. The first-order valence-electron chi connectivity index (χ1n) is 6.72. The number of halogens is 1. The van der Waals surface area contributed by atoms with Crippen LogP contribution < -0.4 is 5.73 Å². The standard InChI is InChI=1S/C15H24N2.ClH/c1-12(2)14-7-5-13(6-8-14)10-17-9-3-4-15(16)11-17;/h5-8,12,15H,3-4,9-11,16H2,1-2H3;1H/t15-;/m1./s1. The highest BCUT2D eigenvalue weighted by molar-refractivity contribution is 5.85. The minimum Gasteiger partial charge on any atom is -0.327 e. The molecule has 0 aromatic heterocycles. The second-order valence-corrected chi connectivity index (χ2v) is 5.53. The van der Waals surface area contributed by atoms with Gasteiger partial charge in [0.25, 0.3) is 0 Å². The first-order valence-corrected chi connectivity index (χ1v) is 6.72. The van der Waals surface area contributed by atoms with Crippen LogP contribution in [0.25, 0.3) is 0 Å². The van der Waals surface area contributed by atoms with Gasteiger partial charge in [-0.3, -0.25) is 4.90 Å². The van der Waals surface area contributed by atoms with Gasteiger partial charge >= 0.3 is 0 Å². The van der Waals surface area contributed by atoms with Gasteiger partial charge in [-0.2, -0.15) is 0 Å². The highest BCUT2D eigenvalue weighted by atomic mass is 35.5. The molecule has 0 radical (unpaired) electrons. The summed E-state index contributed by atoms with van der Waals surface area (Å²) in [7, 11) is 0. The first-order chi connectivity index (χ1) is 8.15. The molecule has 0 amide bonds. The Bertz CT molecular complexity index is 348. The van der Waals surface area contributed by atoms with E-state index in [9.17, 15) is 0 Å². The van der Waals surface area contributed by atoms with Gasteiger partial charge in [-0.15, -0.1) is 12.4 Å². The summed E-state index contributed by atoms with van der Waals surface area (Å²) in [5, 5.41) is 0. The van der Waals surface area contributed by atoms with E-state index < -0.39 is 0 Å². The molecule has 1 aromatic carbocycles. The lowest BCUT2D eigenvalue weighted by molar-refractivity contribution is 0.201. The van der Waals surface area contributed by atoms with Gasteiger partial charge in [-0.1, -0.05) is 38.1 Å². The van der Waals surface area contributed by atoms with E-state index in [1.165, 1.54) is 30.5 Å². The van der Waals surface area contributed by atoms with Gasteiger partial charge in [-0.05, 0) is 36.4 Å². The molecular weight excluding hydrogens is 244 g/mol. The van der Waals surface area contributed by atoms with E-state index in [2.05, 4.69) is 43.0 Å². The van der Waals surface area contributed by atoms with Crippen LogP contribution in [0.4, 0.5) is 0 Å². The Morgan fingerprint density at radius 3 is 2.50 bits per heavy atom. The maximum Gasteiger partial charge on any atom is 0.0234 e. The molecule has 102 valence electrons. The molecule has 3 heteroatoms. The van der Waals surface area contributed by atoms with E-state index in [0.29, 0.717) is 12.0 Å². The summed E-state index contributed by atoms with van der Waals surface area (Å²) in [4.78, 5) is 2.47. The maximum atomic E-state index is 6.00. The van der Waals surface area contributed by atoms with Crippen molar-refractivity contribution in [1.82, 2.24) is 4.90 Å². The van der Waals surface area contributed by atoms with Gasteiger partial charge < -0.3 is 5.73 Å². The SMILES string of the molecule is CC(C)c1ccc(CN2CCC[C@@H](N)C2)cc1.Cl. The van der Waals surface area contributed by atoms with Crippen molar-refractivity contribution in [1.29, 1.82) is 0 Å². The molecule has 0 aliphatic carbocycles. The van der Waals surface area contributed by atoms with Crippen molar-refractivity contribution in [2.75, 3.05) is 13.1 Å². The number of piperidine rings is 1. The van der Waals surface area contributed by atoms with E-state index in [4.69, 9.17) is 5.73 Å². The van der Waals surface area contributed by atoms with Crippen LogP contribution in [0, 0.1) is 0 Å². The number of hydrogen-bond acceptors (Lipinski definition) is 2. The largest absolute Gasteiger partial charge is 0.327 e. The Morgan fingerprint density at radius 2 is 1.94 bits per heavy atom. The molecule has 1 aromatic rings. The number of likely N-dealkylation sites (tertiary alicyclic amines) is 1. The summed E-state index contributed by atoms with van der Waals surface area (Å²) in [5.41, 5.74) is 8.83. The third-order valence-electron chi connectivity index (χ3n) is 3.59. The van der Waals surface area contributed by atoms with E-state index in [-0.39, 0.29) is 12.4 Å². The normalized spacial score (nSPS) is 20.8. The van der Waals surface area contributed by atoms with Gasteiger partial charge in [0.2, 0.25) is 0 Å². The Hall–Kier alpha value is -0.570. The van der Waals surface area contributed by atoms with Crippen LogP contribution in [0.2, 0.25) is 0 Å². The Morgan fingerprint density at radius 1 is 1.28 bits per heavy atom. The van der Waals surface area contributed by atoms with Gasteiger partial charge in [0.05, 0.1) is 0 Å². The first kappa shape index (κ1) is 15.5. The molecule has 1 atom stereocenters. The van der Waals surface area contributed by atoms with Crippen LogP contribution in [0.1, 0.15) is 43.7 Å². The maximum absolute atomic E-state index is 6.00. The molecule has 18 heavy (non-hydrogen) atoms. The molecule has 1 heterocycles. The fourth-order valence-electron chi connectivity index (χ4n) is 2.50. The number of nitrogens with two attached hydrogens (primary N) is 1. The smallest absolute Gasteiger partial charge is 0.0234 e. The van der Waals surface area contributed by atoms with Gasteiger partial charge in [0, 0.05) is 19.1 Å². The highest BCUT2D eigenvalue weighted by Gasteiger charge is 2.16. The van der Waals surface area contributed by atoms with Crippen LogP contribution in [-0.2, 0) is 6.54 Å². The number of nitrogens with zero attached hydrogens (tertiary/aromatic N) is 1. The highest BCUT2D eigenvalue weighted by Crippen LogP contribution is 2.17. The van der Waals surface area contributed by atoms with Crippen molar-refractivity contribution in [3.8, 4) is 0 Å². The Balaban J connectivity index is 0.00000162. The molecule has 0 unspecified atom stereocenters. The van der Waals surface area contributed by atoms with Crippen LogP contribution in [0.5, 0.6) is 0 Å². The zero-order valence-electron chi connectivity index (χ0n) is 11.4. The third-order valence-corrected chi connectivity index (χ3v) is 3.59. The summed E-state index contributed by atoms with van der Waals surface area (Å²) in [6.45, 7) is 7.76. The summed E-state index contributed by atoms with van der Waals surface area (Å²) in [6.07, 6.45) is 2.42. The Labute approximate surface area is 117 Å². The van der Waals surface area contributed by atoms with Crippen molar-refractivity contribution in [2.24, 2.45) is 5.73 Å². The minimum atomic E-state index is 0. The second kappa shape index (κ2) is 7.13. The zero-order valence-corrected chi connectivity index (χ0v) is 12.2. The van der Waals surface area contributed by atoms with Crippen molar-refractivity contribution in [3.63, 3.8) is 0 Å². The van der Waals surface area contributed by atoms with Crippen molar-refractivity contribution >= 4 is 12.4 Å². The average Bonchev–Trinajstić information content (AvgIpc) is 2.29. The average molecular weight is 269 g/mol. The summed E-state index contributed by atoms with van der Waals surface area (Å²) >= 11 is 0. The molecular formula is C15H25ClN2. The third kappa shape index (κ3) is 4.27. The monoisotopic (exact) mass is 268 g/mol. The van der Waals surface area contributed by atoms with Crippen LogP contribution in [0.15, 0.2) is 24.3 Å². The predicted octanol–water partition coefficient (Wildman–Crippen LogP) is 3.15. The number of hydrogen-bond donors (Lipinski definition) is 1. The topological polar surface area (TPSA) is 29.3 Å². The van der Waals surface area contributed by atoms with Gasteiger partial charge in [0.15, 0.2) is 0 Å². The molecule has 0 saturated carbocycles. The van der Waals surface area contributed by atoms with Crippen LogP contribution >= 0.6 is 12.4 Å². The quantitative estimate of drug-likeness (QED) is 0.913. The zero-order chi connectivity index (χ0) is 12.3. The fourth-order valence-corrected chi connectivity index (χ4v) is 2.50. The second-order valence-electron chi connectivity index (χ2n) is 5.53. The lowest BCUT2D eigenvalue weighted by Crippen LogP contribution is -2.42. The molecule has 2 N–H and O–H groups in total. The van der Waals surface area contributed by atoms with E-state index in [0.717, 1.165) is 13.1 Å². The molecule has 1 saturated heterocycles. The molecule has 0 bridgehead atoms. The summed E-state index contributed by atoms with van der Waals surface area (Å²) < 4.78 is 0. The molecule has 2 rings (SSSR count). The van der Waals surface area contributed by atoms with Crippen molar-refractivity contribution in [3.05, 3.63) is 35.4 Å². The van der Waals surface area contributed by atoms with Crippen molar-refractivity contribution < 1.29 is 0 Å². The molecule has 2 nitrogen and oxygen atoms in total. The van der Waals surface area contributed by atoms with Gasteiger partial charge in [0.1, 0.15) is 0 Å². The van der Waals surface area contributed by atoms with Crippen molar-refractivity contribution in [2.45, 2.75) is 45.2 Å². The Kier molecular flexibility index (Phi) is 6.13. The van der Waals surface area contributed by atoms with E-state index in [1.807, 2.05) is 0 Å². The summed E-state index contributed by atoms with van der Waals surface area (Å²) in [6, 6.07) is 9.40. The van der Waals surface area contributed by atoms with Gasteiger partial charge in [-0.25, -0.2) is 0 Å². The lowest BCUT2D eigenvalue weighted by Gasteiger charge is -2.30. The predicted molar refractivity (Wildman–Crippen MR) is 80.3 cm³/mol. The summed E-state index contributed by atoms with van der Waals surface area (Å²) in [5.74, 6) is 0.618. The lowest BCUT2D eigenvalue weighted by atomic mass is 10.0. The molecule has 1 fully saturated rings. The minimum absolute atomic E-state index is 0. The van der Waals surface area contributed by atoms with E-state index in [1.54, 1.807) is 0 Å². The molecule has 0 spiro atoms. The number of benzene rings is 1.